The van der Waals surface area contributed by atoms with E-state index >= 15 is 0 Å². The van der Waals surface area contributed by atoms with Crippen LogP contribution in [-0.4, -0.2) is 38.9 Å². The zero-order chi connectivity index (χ0) is 26.6. The minimum atomic E-state index is -0.316. The highest BCUT2D eigenvalue weighted by atomic mass is 79.9. The molecule has 2 amide bonds. The van der Waals surface area contributed by atoms with E-state index < -0.39 is 0 Å². The van der Waals surface area contributed by atoms with Crippen LogP contribution in [0.25, 0.3) is 5.69 Å². The molecule has 0 saturated carbocycles. The van der Waals surface area contributed by atoms with Crippen LogP contribution < -0.4 is 10.2 Å². The lowest BCUT2D eigenvalue weighted by molar-refractivity contribution is -0.116. The van der Waals surface area contributed by atoms with E-state index in [2.05, 4.69) is 37.5 Å². The molecule has 5 rings (SSSR count). The lowest BCUT2D eigenvalue weighted by Gasteiger charge is -2.29. The van der Waals surface area contributed by atoms with Crippen molar-refractivity contribution in [1.29, 1.82) is 0 Å². The number of aromatic nitrogens is 3. The second-order valence-electron chi connectivity index (χ2n) is 8.95. The van der Waals surface area contributed by atoms with Crippen LogP contribution in [0.2, 0.25) is 5.02 Å². The summed E-state index contributed by atoms with van der Waals surface area (Å²) in [6.07, 6.45) is 1.92. The molecular formula is C28H25BrClN5O2S. The standard InChI is InChI=1S/C28H25BrClN5O2S/c1-18-6-4-9-21(14-18)35-25(16-31-27(37)22-15-20(29)11-12-23(22)30)32-33-28(35)38-17-26(36)34-13-5-8-19-7-2-3-10-24(19)34/h2-4,6-7,9-12,14-15H,5,8,13,16-17H2,1H3,(H,31,37). The van der Waals surface area contributed by atoms with Crippen molar-refractivity contribution in [3.63, 3.8) is 0 Å². The van der Waals surface area contributed by atoms with Crippen molar-refractivity contribution >= 4 is 56.8 Å². The molecule has 0 spiro atoms. The summed E-state index contributed by atoms with van der Waals surface area (Å²) in [6.45, 7) is 2.85. The minimum absolute atomic E-state index is 0.0279. The third-order valence-electron chi connectivity index (χ3n) is 6.28. The maximum absolute atomic E-state index is 13.2. The zero-order valence-corrected chi connectivity index (χ0v) is 23.8. The number of thioether (sulfide) groups is 1. The Hall–Kier alpha value is -3.14. The monoisotopic (exact) mass is 609 g/mol. The summed E-state index contributed by atoms with van der Waals surface area (Å²) in [5, 5.41) is 12.6. The fraction of sp³-hybridized carbons (Fsp3) is 0.214. The number of aryl methyl sites for hydroxylation is 2. The van der Waals surface area contributed by atoms with E-state index in [-0.39, 0.29) is 24.1 Å². The number of benzene rings is 3. The first-order valence-electron chi connectivity index (χ1n) is 12.2. The lowest BCUT2D eigenvalue weighted by Crippen LogP contribution is -2.36. The summed E-state index contributed by atoms with van der Waals surface area (Å²) in [7, 11) is 0. The van der Waals surface area contributed by atoms with Gasteiger partial charge in [-0.05, 0) is 67.3 Å². The second kappa shape index (κ2) is 11.7. The van der Waals surface area contributed by atoms with Crippen LogP contribution in [0.4, 0.5) is 5.69 Å². The number of fused-ring (bicyclic) bond motifs is 1. The summed E-state index contributed by atoms with van der Waals surface area (Å²) in [5.41, 5.74) is 4.48. The first kappa shape index (κ1) is 26.5. The first-order valence-corrected chi connectivity index (χ1v) is 14.3. The zero-order valence-electron chi connectivity index (χ0n) is 20.7. The van der Waals surface area contributed by atoms with Gasteiger partial charge >= 0.3 is 0 Å². The fourth-order valence-electron chi connectivity index (χ4n) is 4.46. The third kappa shape index (κ3) is 5.80. The Kier molecular flexibility index (Phi) is 8.16. The molecule has 0 fully saturated rings. The Balaban J connectivity index is 1.36. The Labute approximate surface area is 238 Å². The largest absolute Gasteiger partial charge is 0.345 e. The molecule has 1 aliphatic rings. The Morgan fingerprint density at radius 1 is 1.08 bits per heavy atom. The van der Waals surface area contributed by atoms with Crippen LogP contribution in [-0.2, 0) is 17.8 Å². The van der Waals surface area contributed by atoms with Gasteiger partial charge in [0, 0.05) is 22.4 Å². The van der Waals surface area contributed by atoms with Crippen LogP contribution in [0, 0.1) is 6.92 Å². The molecule has 38 heavy (non-hydrogen) atoms. The van der Waals surface area contributed by atoms with Crippen molar-refractivity contribution in [3.05, 3.63) is 98.7 Å². The van der Waals surface area contributed by atoms with Gasteiger partial charge in [-0.2, -0.15) is 0 Å². The average molecular weight is 611 g/mol. The number of nitrogens with zero attached hydrogens (tertiary/aromatic N) is 4. The summed E-state index contributed by atoms with van der Waals surface area (Å²) >= 11 is 11.0. The molecule has 0 radical (unpaired) electrons. The molecular weight excluding hydrogens is 586 g/mol. The van der Waals surface area contributed by atoms with Gasteiger partial charge in [0.2, 0.25) is 5.91 Å². The lowest BCUT2D eigenvalue weighted by atomic mass is 10.0. The molecule has 4 aromatic rings. The number of rotatable bonds is 7. The van der Waals surface area contributed by atoms with Crippen molar-refractivity contribution < 1.29 is 9.59 Å². The molecule has 10 heteroatoms. The van der Waals surface area contributed by atoms with E-state index in [1.807, 2.05) is 58.9 Å². The molecule has 0 atom stereocenters. The topological polar surface area (TPSA) is 80.1 Å². The van der Waals surface area contributed by atoms with E-state index in [1.54, 1.807) is 18.2 Å². The number of hydrogen-bond acceptors (Lipinski definition) is 5. The predicted molar refractivity (Wildman–Crippen MR) is 154 cm³/mol. The maximum Gasteiger partial charge on any atom is 0.253 e. The van der Waals surface area contributed by atoms with Gasteiger partial charge < -0.3 is 10.2 Å². The quantitative estimate of drug-likeness (QED) is 0.260. The highest BCUT2D eigenvalue weighted by molar-refractivity contribution is 9.10. The van der Waals surface area contributed by atoms with Crippen molar-refractivity contribution in [2.75, 3.05) is 17.2 Å². The Morgan fingerprint density at radius 3 is 2.76 bits per heavy atom. The minimum Gasteiger partial charge on any atom is -0.345 e. The van der Waals surface area contributed by atoms with Crippen molar-refractivity contribution in [2.24, 2.45) is 0 Å². The number of carbonyl (C=O) groups is 2. The summed E-state index contributed by atoms with van der Waals surface area (Å²) < 4.78 is 2.65. The van der Waals surface area contributed by atoms with Gasteiger partial charge in [0.1, 0.15) is 0 Å². The van der Waals surface area contributed by atoms with Crippen LogP contribution >= 0.6 is 39.3 Å². The number of anilines is 1. The molecule has 1 aromatic heterocycles. The number of para-hydroxylation sites is 1. The molecule has 7 nitrogen and oxygen atoms in total. The van der Waals surface area contributed by atoms with Gasteiger partial charge in [-0.3, -0.25) is 14.2 Å². The van der Waals surface area contributed by atoms with Gasteiger partial charge in [0.15, 0.2) is 11.0 Å². The number of carbonyl (C=O) groups excluding carboxylic acids is 2. The summed E-state index contributed by atoms with van der Waals surface area (Å²) in [4.78, 5) is 28.0. The van der Waals surface area contributed by atoms with Gasteiger partial charge in [-0.25, -0.2) is 0 Å². The van der Waals surface area contributed by atoms with Gasteiger partial charge in [0.25, 0.3) is 5.91 Å². The number of halogens is 2. The maximum atomic E-state index is 13.2. The molecule has 1 aliphatic heterocycles. The third-order valence-corrected chi connectivity index (χ3v) is 8.01. The Bertz CT molecular complexity index is 1510. The molecule has 0 aliphatic carbocycles. The van der Waals surface area contributed by atoms with E-state index in [4.69, 9.17) is 11.6 Å². The predicted octanol–water partition coefficient (Wildman–Crippen LogP) is 5.99. The number of amides is 2. The van der Waals surface area contributed by atoms with Gasteiger partial charge in [0.05, 0.1) is 22.9 Å². The number of nitrogens with one attached hydrogen (secondary N) is 1. The number of hydrogen-bond donors (Lipinski definition) is 1. The normalized spacial score (nSPS) is 12.8. The SMILES string of the molecule is Cc1cccc(-n2c(CNC(=O)c3cc(Br)ccc3Cl)nnc2SCC(=O)N2CCCc3ccccc32)c1. The first-order chi connectivity index (χ1) is 18.4. The van der Waals surface area contributed by atoms with E-state index in [1.165, 1.54) is 17.3 Å². The molecule has 2 heterocycles. The molecule has 1 N–H and O–H groups in total. The molecule has 3 aromatic carbocycles. The van der Waals surface area contributed by atoms with Crippen molar-refractivity contribution in [2.45, 2.75) is 31.5 Å². The Morgan fingerprint density at radius 2 is 1.92 bits per heavy atom. The van der Waals surface area contributed by atoms with Crippen molar-refractivity contribution in [1.82, 2.24) is 20.1 Å². The van der Waals surface area contributed by atoms with Crippen molar-refractivity contribution in [3.8, 4) is 5.69 Å². The fourth-order valence-corrected chi connectivity index (χ4v) is 5.87. The highest BCUT2D eigenvalue weighted by Crippen LogP contribution is 2.29. The van der Waals surface area contributed by atoms with Gasteiger partial charge in [-0.1, -0.05) is 69.6 Å². The summed E-state index contributed by atoms with van der Waals surface area (Å²) in [5.74, 6) is 0.481. The van der Waals surface area contributed by atoms with E-state index in [0.717, 1.165) is 34.3 Å². The molecule has 0 unspecified atom stereocenters. The van der Waals surface area contributed by atoms with Crippen LogP contribution in [0.1, 0.15) is 33.7 Å². The van der Waals surface area contributed by atoms with E-state index in [0.29, 0.717) is 28.1 Å². The smallest absolute Gasteiger partial charge is 0.253 e. The van der Waals surface area contributed by atoms with Gasteiger partial charge in [-0.15, -0.1) is 10.2 Å². The van der Waals surface area contributed by atoms with Crippen LogP contribution in [0.5, 0.6) is 0 Å². The average Bonchev–Trinajstić information content (AvgIpc) is 3.34. The molecule has 194 valence electrons. The molecule has 0 bridgehead atoms. The molecule has 0 saturated heterocycles. The highest BCUT2D eigenvalue weighted by Gasteiger charge is 2.24. The van der Waals surface area contributed by atoms with E-state index in [9.17, 15) is 9.59 Å². The second-order valence-corrected chi connectivity index (χ2v) is 11.2. The summed E-state index contributed by atoms with van der Waals surface area (Å²) in [6, 6.07) is 21.1. The van der Waals surface area contributed by atoms with Crippen LogP contribution in [0.3, 0.4) is 0 Å². The van der Waals surface area contributed by atoms with Crippen LogP contribution in [0.15, 0.2) is 76.4 Å².